The lowest BCUT2D eigenvalue weighted by Crippen LogP contribution is -2.00. The van der Waals surface area contributed by atoms with Gasteiger partial charge in [-0.25, -0.2) is 4.39 Å². The number of rotatable bonds is 4. The topological polar surface area (TPSA) is 50.1 Å². The molecule has 0 aromatic heterocycles. The summed E-state index contributed by atoms with van der Waals surface area (Å²) in [4.78, 5) is 10.5. The summed E-state index contributed by atoms with van der Waals surface area (Å²) in [7, 11) is 0. The lowest BCUT2D eigenvalue weighted by Gasteiger charge is -2.07. The van der Waals surface area contributed by atoms with Crippen LogP contribution in [0.15, 0.2) is 42.5 Å². The third kappa shape index (κ3) is 2.96. The molecule has 19 heavy (non-hydrogen) atoms. The van der Waals surface area contributed by atoms with Crippen LogP contribution < -0.4 is 4.74 Å². The molecule has 2 rings (SSSR count). The Hall–Kier alpha value is -2.67. The predicted octanol–water partition coefficient (Wildman–Crippen LogP) is 3.09. The number of hydrogen-bond acceptors (Lipinski definition) is 3. The molecule has 0 aliphatic heterocycles. The zero-order valence-corrected chi connectivity index (χ0v) is 9.97. The smallest absolute Gasteiger partial charge is 0.150 e. The second kappa shape index (κ2) is 5.78. The van der Waals surface area contributed by atoms with Crippen LogP contribution in [0.3, 0.4) is 0 Å². The van der Waals surface area contributed by atoms with E-state index < -0.39 is 5.82 Å². The van der Waals surface area contributed by atoms with Gasteiger partial charge in [0.2, 0.25) is 0 Å². The van der Waals surface area contributed by atoms with E-state index in [1.807, 2.05) is 0 Å². The molecule has 0 spiro atoms. The first-order valence-electron chi connectivity index (χ1n) is 5.60. The molecule has 0 aliphatic carbocycles. The average molecular weight is 255 g/mol. The molecule has 2 aromatic rings. The van der Waals surface area contributed by atoms with Crippen LogP contribution in [-0.4, -0.2) is 6.29 Å². The first-order chi connectivity index (χ1) is 9.24. The maximum Gasteiger partial charge on any atom is 0.150 e. The summed E-state index contributed by atoms with van der Waals surface area (Å²) in [5, 5.41) is 8.72. The summed E-state index contributed by atoms with van der Waals surface area (Å²) in [6.45, 7) is 0.0296. The first-order valence-corrected chi connectivity index (χ1v) is 5.60. The Morgan fingerprint density at radius 3 is 2.58 bits per heavy atom. The van der Waals surface area contributed by atoms with Gasteiger partial charge in [-0.05, 0) is 30.3 Å². The zero-order valence-electron chi connectivity index (χ0n) is 9.97. The van der Waals surface area contributed by atoms with Crippen LogP contribution in [0.25, 0.3) is 0 Å². The molecule has 0 fully saturated rings. The highest BCUT2D eigenvalue weighted by atomic mass is 19.1. The number of nitriles is 1. The van der Waals surface area contributed by atoms with E-state index in [9.17, 15) is 9.18 Å². The van der Waals surface area contributed by atoms with Crippen LogP contribution >= 0.6 is 0 Å². The minimum Gasteiger partial charge on any atom is -0.489 e. The highest BCUT2D eigenvalue weighted by molar-refractivity contribution is 5.74. The van der Waals surface area contributed by atoms with Crippen LogP contribution in [0.2, 0.25) is 0 Å². The fourth-order valence-corrected chi connectivity index (χ4v) is 1.58. The minimum absolute atomic E-state index is 0.00240. The number of benzene rings is 2. The number of hydrogen-bond donors (Lipinski definition) is 0. The lowest BCUT2D eigenvalue weighted by atomic mass is 10.1. The van der Waals surface area contributed by atoms with E-state index in [-0.39, 0.29) is 12.2 Å². The summed E-state index contributed by atoms with van der Waals surface area (Å²) < 4.78 is 19.2. The molecular weight excluding hydrogens is 245 g/mol. The zero-order chi connectivity index (χ0) is 13.7. The maximum absolute atomic E-state index is 13.7. The summed E-state index contributed by atoms with van der Waals surface area (Å²) in [6, 6.07) is 12.9. The summed E-state index contributed by atoms with van der Waals surface area (Å²) in [6.07, 6.45) is 0.736. The Bertz CT molecular complexity index is 630. The van der Waals surface area contributed by atoms with E-state index in [0.717, 1.165) is 6.29 Å². The number of nitrogens with zero attached hydrogens (tertiary/aromatic N) is 1. The SMILES string of the molecule is N#Cc1cccc(COc2ccc(C=O)cc2)c1F. The van der Waals surface area contributed by atoms with Gasteiger partial charge in [0.15, 0.2) is 0 Å². The van der Waals surface area contributed by atoms with Crippen LogP contribution in [0.5, 0.6) is 5.75 Å². The van der Waals surface area contributed by atoms with Crippen LogP contribution in [0, 0.1) is 17.1 Å². The van der Waals surface area contributed by atoms with Crippen molar-refractivity contribution in [1.29, 1.82) is 5.26 Å². The highest BCUT2D eigenvalue weighted by Gasteiger charge is 2.07. The van der Waals surface area contributed by atoms with Crippen LogP contribution in [-0.2, 0) is 6.61 Å². The quantitative estimate of drug-likeness (QED) is 0.789. The second-order valence-electron chi connectivity index (χ2n) is 3.87. The van der Waals surface area contributed by atoms with E-state index in [0.29, 0.717) is 16.9 Å². The second-order valence-corrected chi connectivity index (χ2v) is 3.87. The number of carbonyl (C=O) groups is 1. The van der Waals surface area contributed by atoms with Gasteiger partial charge in [0.05, 0.1) is 5.56 Å². The molecule has 0 aliphatic rings. The predicted molar refractivity (Wildman–Crippen MR) is 67.3 cm³/mol. The van der Waals surface area contributed by atoms with Crippen molar-refractivity contribution < 1.29 is 13.9 Å². The van der Waals surface area contributed by atoms with Crippen molar-refractivity contribution in [2.45, 2.75) is 6.61 Å². The average Bonchev–Trinajstić information content (AvgIpc) is 2.47. The number of halogens is 1. The number of carbonyl (C=O) groups excluding carboxylic acids is 1. The van der Waals surface area contributed by atoms with Crippen molar-refractivity contribution in [3.63, 3.8) is 0 Å². The molecular formula is C15H10FNO2. The first kappa shape index (κ1) is 12.8. The Morgan fingerprint density at radius 1 is 1.21 bits per heavy atom. The third-order valence-electron chi connectivity index (χ3n) is 2.61. The Labute approximate surface area is 109 Å². The van der Waals surface area contributed by atoms with E-state index in [4.69, 9.17) is 10.00 Å². The standard InChI is InChI=1S/C15H10FNO2/c16-15-12(8-17)2-1-3-13(15)10-19-14-6-4-11(9-18)5-7-14/h1-7,9H,10H2. The van der Waals surface area contributed by atoms with Gasteiger partial charge in [-0.15, -0.1) is 0 Å². The third-order valence-corrected chi connectivity index (χ3v) is 2.61. The molecule has 0 saturated heterocycles. The molecule has 0 radical (unpaired) electrons. The highest BCUT2D eigenvalue weighted by Crippen LogP contribution is 2.16. The van der Waals surface area contributed by atoms with Crippen molar-refractivity contribution >= 4 is 6.29 Å². The van der Waals surface area contributed by atoms with Gasteiger partial charge < -0.3 is 4.74 Å². The van der Waals surface area contributed by atoms with Crippen molar-refractivity contribution in [2.24, 2.45) is 0 Å². The number of aldehydes is 1. The molecule has 2 aromatic carbocycles. The molecule has 0 amide bonds. The molecule has 0 N–H and O–H groups in total. The molecule has 0 heterocycles. The van der Waals surface area contributed by atoms with Gasteiger partial charge >= 0.3 is 0 Å². The molecule has 0 atom stereocenters. The van der Waals surface area contributed by atoms with E-state index >= 15 is 0 Å². The fraction of sp³-hybridized carbons (Fsp3) is 0.0667. The van der Waals surface area contributed by atoms with Gasteiger partial charge in [0, 0.05) is 11.1 Å². The lowest BCUT2D eigenvalue weighted by molar-refractivity contribution is 0.112. The molecule has 0 unspecified atom stereocenters. The molecule has 0 bridgehead atoms. The van der Waals surface area contributed by atoms with Gasteiger partial charge in [0.25, 0.3) is 0 Å². The van der Waals surface area contributed by atoms with Crippen LogP contribution in [0.1, 0.15) is 21.5 Å². The normalized spacial score (nSPS) is 9.68. The molecule has 4 heteroatoms. The number of ether oxygens (including phenoxy) is 1. The van der Waals surface area contributed by atoms with E-state index in [2.05, 4.69) is 0 Å². The fourth-order valence-electron chi connectivity index (χ4n) is 1.58. The van der Waals surface area contributed by atoms with Crippen molar-refractivity contribution in [1.82, 2.24) is 0 Å². The molecule has 3 nitrogen and oxygen atoms in total. The summed E-state index contributed by atoms with van der Waals surface area (Å²) in [5.74, 6) is -0.0260. The van der Waals surface area contributed by atoms with Gasteiger partial charge in [0.1, 0.15) is 30.5 Å². The Morgan fingerprint density at radius 2 is 1.95 bits per heavy atom. The Balaban J connectivity index is 2.10. The van der Waals surface area contributed by atoms with Gasteiger partial charge in [-0.2, -0.15) is 5.26 Å². The minimum atomic E-state index is -0.561. The summed E-state index contributed by atoms with van der Waals surface area (Å²) >= 11 is 0. The van der Waals surface area contributed by atoms with Crippen molar-refractivity contribution in [2.75, 3.05) is 0 Å². The monoisotopic (exact) mass is 255 g/mol. The van der Waals surface area contributed by atoms with Gasteiger partial charge in [-0.3, -0.25) is 4.79 Å². The van der Waals surface area contributed by atoms with E-state index in [1.54, 1.807) is 42.5 Å². The van der Waals surface area contributed by atoms with Crippen molar-refractivity contribution in [3.05, 3.63) is 65.0 Å². The Kier molecular flexibility index (Phi) is 3.89. The van der Waals surface area contributed by atoms with Crippen molar-refractivity contribution in [3.8, 4) is 11.8 Å². The molecule has 0 saturated carbocycles. The summed E-state index contributed by atoms with van der Waals surface area (Å²) in [5.41, 5.74) is 0.862. The van der Waals surface area contributed by atoms with Gasteiger partial charge in [-0.1, -0.05) is 12.1 Å². The molecule has 94 valence electrons. The van der Waals surface area contributed by atoms with E-state index in [1.165, 1.54) is 6.07 Å². The maximum atomic E-state index is 13.7. The largest absolute Gasteiger partial charge is 0.489 e. The van der Waals surface area contributed by atoms with Crippen LogP contribution in [0.4, 0.5) is 4.39 Å².